The summed E-state index contributed by atoms with van der Waals surface area (Å²) in [5, 5.41) is 11.9. The van der Waals surface area contributed by atoms with E-state index in [1.165, 1.54) is 0 Å². The highest BCUT2D eigenvalue weighted by Crippen LogP contribution is 2.13. The van der Waals surface area contributed by atoms with Crippen molar-refractivity contribution in [1.29, 1.82) is 0 Å². The van der Waals surface area contributed by atoms with E-state index in [1.807, 2.05) is 0 Å². The van der Waals surface area contributed by atoms with Crippen LogP contribution in [0.1, 0.15) is 45.1 Å². The summed E-state index contributed by atoms with van der Waals surface area (Å²) in [5.41, 5.74) is 0.824. The van der Waals surface area contributed by atoms with Gasteiger partial charge in [-0.15, -0.1) is 5.92 Å². The first-order valence-corrected chi connectivity index (χ1v) is 8.20. The summed E-state index contributed by atoms with van der Waals surface area (Å²) in [6.45, 7) is 4.12. The average Bonchev–Trinajstić information content (AvgIpc) is 2.56. The second-order valence-corrected chi connectivity index (χ2v) is 5.48. The molecule has 1 amide bonds. The van der Waals surface area contributed by atoms with Gasteiger partial charge in [-0.1, -0.05) is 37.8 Å². The van der Waals surface area contributed by atoms with Gasteiger partial charge in [0.15, 0.2) is 0 Å². The Hall–Kier alpha value is -2.48. The molecule has 1 aromatic carbocycles. The third-order valence-electron chi connectivity index (χ3n) is 3.49. The molecule has 0 radical (unpaired) electrons. The number of carbonyl (C=O) groups excluding carboxylic acids is 1. The molecular weight excluding hydrogens is 306 g/mol. The van der Waals surface area contributed by atoms with Crippen molar-refractivity contribution in [3.8, 4) is 17.6 Å². The highest BCUT2D eigenvalue weighted by atomic mass is 16.5. The molecule has 5 heteroatoms. The summed E-state index contributed by atoms with van der Waals surface area (Å²) in [7, 11) is 0. The van der Waals surface area contributed by atoms with Gasteiger partial charge in [0, 0.05) is 12.8 Å². The molecule has 5 nitrogen and oxygen atoms in total. The van der Waals surface area contributed by atoms with Gasteiger partial charge in [-0.25, -0.2) is 4.79 Å². The molecular formula is C19H25NO4. The fourth-order valence-corrected chi connectivity index (χ4v) is 2.15. The minimum Gasteiger partial charge on any atom is -0.481 e. The molecule has 1 atom stereocenters. The second-order valence-electron chi connectivity index (χ2n) is 5.48. The van der Waals surface area contributed by atoms with E-state index in [9.17, 15) is 14.7 Å². The molecule has 0 aliphatic heterocycles. The zero-order chi connectivity index (χ0) is 17.8. The zero-order valence-electron chi connectivity index (χ0n) is 14.3. The molecule has 0 aromatic heterocycles. The summed E-state index contributed by atoms with van der Waals surface area (Å²) in [4.78, 5) is 23.2. The van der Waals surface area contributed by atoms with Crippen molar-refractivity contribution >= 4 is 11.9 Å². The van der Waals surface area contributed by atoms with Crippen molar-refractivity contribution < 1.29 is 19.4 Å². The van der Waals surface area contributed by atoms with E-state index in [0.717, 1.165) is 24.8 Å². The maximum atomic E-state index is 11.8. The molecule has 0 heterocycles. The minimum atomic E-state index is -1.03. The van der Waals surface area contributed by atoms with Crippen molar-refractivity contribution in [2.75, 3.05) is 6.61 Å². The van der Waals surface area contributed by atoms with E-state index >= 15 is 0 Å². The zero-order valence-corrected chi connectivity index (χ0v) is 14.3. The molecule has 0 saturated carbocycles. The molecule has 0 bridgehead atoms. The lowest BCUT2D eigenvalue weighted by atomic mass is 10.1. The lowest BCUT2D eigenvalue weighted by Gasteiger charge is -2.15. The first-order valence-electron chi connectivity index (χ1n) is 8.20. The number of hydrogen-bond acceptors (Lipinski definition) is 3. The number of nitrogens with one attached hydrogen (secondary N) is 1. The number of carbonyl (C=O) groups is 2. The monoisotopic (exact) mass is 331 g/mol. The maximum Gasteiger partial charge on any atom is 0.326 e. The quantitative estimate of drug-likeness (QED) is 0.511. The van der Waals surface area contributed by atoms with Gasteiger partial charge in [-0.2, -0.15) is 0 Å². The van der Waals surface area contributed by atoms with Gasteiger partial charge < -0.3 is 15.2 Å². The van der Waals surface area contributed by atoms with Crippen molar-refractivity contribution in [3.05, 3.63) is 29.8 Å². The number of ether oxygens (including phenoxy) is 1. The van der Waals surface area contributed by atoms with Crippen LogP contribution in [-0.2, 0) is 16.0 Å². The van der Waals surface area contributed by atoms with Gasteiger partial charge in [0.25, 0.3) is 0 Å². The predicted octanol–water partition coefficient (Wildman–Crippen LogP) is 2.78. The lowest BCUT2D eigenvalue weighted by Crippen LogP contribution is -2.42. The molecule has 0 saturated heterocycles. The summed E-state index contributed by atoms with van der Waals surface area (Å²) >= 11 is 0. The highest BCUT2D eigenvalue weighted by Gasteiger charge is 2.20. The van der Waals surface area contributed by atoms with Crippen molar-refractivity contribution in [2.45, 2.75) is 52.0 Å². The van der Waals surface area contributed by atoms with Crippen LogP contribution in [0.25, 0.3) is 0 Å². The predicted molar refractivity (Wildman–Crippen MR) is 92.8 cm³/mol. The molecule has 0 unspecified atom stereocenters. The van der Waals surface area contributed by atoms with E-state index in [0.29, 0.717) is 18.8 Å². The molecule has 1 aromatic rings. The number of hydrogen-bond donors (Lipinski definition) is 2. The largest absolute Gasteiger partial charge is 0.481 e. The number of carboxylic acid groups (broad SMARTS) is 1. The number of carboxylic acids is 1. The molecule has 0 fully saturated rings. The molecule has 130 valence electrons. The second kappa shape index (κ2) is 11.1. The summed E-state index contributed by atoms with van der Waals surface area (Å²) in [6.07, 6.45) is 3.37. The number of rotatable bonds is 10. The van der Waals surface area contributed by atoms with Crippen molar-refractivity contribution in [3.63, 3.8) is 0 Å². The first-order chi connectivity index (χ1) is 11.6. The Bertz CT molecular complexity index is 584. The fourth-order valence-electron chi connectivity index (χ4n) is 2.15. The molecule has 2 N–H and O–H groups in total. The Morgan fingerprint density at radius 3 is 2.54 bits per heavy atom. The summed E-state index contributed by atoms with van der Waals surface area (Å²) in [5.74, 6) is 4.98. The third kappa shape index (κ3) is 7.68. The normalized spacial score (nSPS) is 11.1. The SMILES string of the molecule is CC#CCOc1ccc(C[C@H](NC(=O)CCCCC)C(=O)O)cc1. The van der Waals surface area contributed by atoms with Crippen molar-refractivity contribution in [1.82, 2.24) is 5.32 Å². The maximum absolute atomic E-state index is 11.8. The van der Waals surface area contributed by atoms with Gasteiger partial charge in [0.05, 0.1) is 0 Å². The Morgan fingerprint density at radius 1 is 1.25 bits per heavy atom. The Morgan fingerprint density at radius 2 is 1.96 bits per heavy atom. The fraction of sp³-hybridized carbons (Fsp3) is 0.474. The minimum absolute atomic E-state index is 0.214. The number of unbranched alkanes of at least 4 members (excludes halogenated alkanes) is 2. The van der Waals surface area contributed by atoms with Crippen LogP contribution < -0.4 is 10.1 Å². The van der Waals surface area contributed by atoms with Gasteiger partial charge in [-0.05, 0) is 31.0 Å². The highest BCUT2D eigenvalue weighted by molar-refractivity contribution is 5.83. The Kier molecular flexibility index (Phi) is 9.06. The van der Waals surface area contributed by atoms with E-state index in [2.05, 4.69) is 24.1 Å². The summed E-state index contributed by atoms with van der Waals surface area (Å²) in [6, 6.07) is 6.22. The average molecular weight is 331 g/mol. The molecule has 24 heavy (non-hydrogen) atoms. The Labute approximate surface area is 143 Å². The number of benzene rings is 1. The standard InChI is InChI=1S/C19H25NO4/c1-3-5-7-8-18(21)20-17(19(22)23)14-15-9-11-16(12-10-15)24-13-6-4-2/h9-12,17H,3,5,7-8,13-14H2,1-2H3,(H,20,21)(H,22,23)/t17-/m0/s1. The lowest BCUT2D eigenvalue weighted by molar-refractivity contribution is -0.141. The van der Waals surface area contributed by atoms with Gasteiger partial charge in [0.2, 0.25) is 5.91 Å². The first kappa shape index (κ1) is 19.6. The Balaban J connectivity index is 2.56. The van der Waals surface area contributed by atoms with E-state index in [4.69, 9.17) is 4.74 Å². The van der Waals surface area contributed by atoms with E-state index in [1.54, 1.807) is 31.2 Å². The topological polar surface area (TPSA) is 75.6 Å². The van der Waals surface area contributed by atoms with Crippen LogP contribution in [0.3, 0.4) is 0 Å². The van der Waals surface area contributed by atoms with E-state index < -0.39 is 12.0 Å². The smallest absolute Gasteiger partial charge is 0.326 e. The number of aliphatic carboxylic acids is 1. The van der Waals surface area contributed by atoms with Gasteiger partial charge in [-0.3, -0.25) is 4.79 Å². The van der Waals surface area contributed by atoms with Crippen LogP contribution in [0, 0.1) is 11.8 Å². The van der Waals surface area contributed by atoms with Gasteiger partial charge >= 0.3 is 5.97 Å². The van der Waals surface area contributed by atoms with Crippen LogP contribution >= 0.6 is 0 Å². The molecule has 0 spiro atoms. The van der Waals surface area contributed by atoms with Crippen molar-refractivity contribution in [2.24, 2.45) is 0 Å². The van der Waals surface area contributed by atoms with Crippen LogP contribution in [-0.4, -0.2) is 29.6 Å². The van der Waals surface area contributed by atoms with Crippen LogP contribution in [0.5, 0.6) is 5.75 Å². The van der Waals surface area contributed by atoms with E-state index in [-0.39, 0.29) is 12.3 Å². The third-order valence-corrected chi connectivity index (χ3v) is 3.49. The van der Waals surface area contributed by atoms with Crippen LogP contribution in [0.15, 0.2) is 24.3 Å². The van der Waals surface area contributed by atoms with Crippen LogP contribution in [0.2, 0.25) is 0 Å². The van der Waals surface area contributed by atoms with Crippen LogP contribution in [0.4, 0.5) is 0 Å². The molecule has 0 aliphatic carbocycles. The number of amides is 1. The van der Waals surface area contributed by atoms with Gasteiger partial charge in [0.1, 0.15) is 18.4 Å². The molecule has 1 rings (SSSR count). The molecule has 0 aliphatic rings. The summed E-state index contributed by atoms with van der Waals surface area (Å²) < 4.78 is 5.41.